The zero-order chi connectivity index (χ0) is 13.0. The van der Waals surface area contributed by atoms with Crippen LogP contribution in [0.5, 0.6) is 5.75 Å². The van der Waals surface area contributed by atoms with Crippen LogP contribution in [0.25, 0.3) is 10.9 Å². The Morgan fingerprint density at radius 2 is 2.22 bits per heavy atom. The molecule has 94 valence electrons. The molecule has 0 spiro atoms. The molecule has 2 aromatic rings. The van der Waals surface area contributed by atoms with Gasteiger partial charge in [-0.25, -0.2) is 0 Å². The van der Waals surface area contributed by atoms with Crippen molar-refractivity contribution in [3.05, 3.63) is 36.0 Å². The summed E-state index contributed by atoms with van der Waals surface area (Å²) in [6, 6.07) is 7.14. The average molecular weight is 244 g/mol. The van der Waals surface area contributed by atoms with Crippen LogP contribution in [-0.4, -0.2) is 17.5 Å². The van der Waals surface area contributed by atoms with Gasteiger partial charge >= 0.3 is 0 Å². The maximum absolute atomic E-state index is 11.3. The Hall–Kier alpha value is -2.10. The molecule has 0 aliphatic heterocycles. The van der Waals surface area contributed by atoms with Crippen molar-refractivity contribution in [1.29, 1.82) is 0 Å². The van der Waals surface area contributed by atoms with Gasteiger partial charge in [0.25, 0.3) is 0 Å². The van der Waals surface area contributed by atoms with Gasteiger partial charge in [-0.05, 0) is 30.7 Å². The molecule has 0 saturated carbocycles. The number of amides is 1. The van der Waals surface area contributed by atoms with Crippen molar-refractivity contribution in [1.82, 2.24) is 4.98 Å². The number of ether oxygens (including phenoxy) is 1. The van der Waals surface area contributed by atoms with Gasteiger partial charge in [0.1, 0.15) is 5.75 Å². The second-order valence-electron chi connectivity index (χ2n) is 4.10. The molecule has 1 aromatic heterocycles. The molecule has 1 amide bonds. The van der Waals surface area contributed by atoms with E-state index in [-0.39, 0.29) is 0 Å². The highest BCUT2D eigenvalue weighted by Gasteiger charge is 2.08. The highest BCUT2D eigenvalue weighted by Crippen LogP contribution is 2.22. The SMILES string of the molecule is CCCCOc1ccc2nccc(C(N)=O)c2c1. The summed E-state index contributed by atoms with van der Waals surface area (Å²) in [6.07, 6.45) is 3.68. The fourth-order valence-electron chi connectivity index (χ4n) is 1.76. The molecule has 1 heterocycles. The van der Waals surface area contributed by atoms with Crippen molar-refractivity contribution < 1.29 is 9.53 Å². The van der Waals surface area contributed by atoms with E-state index in [0.717, 1.165) is 29.5 Å². The van der Waals surface area contributed by atoms with Crippen LogP contribution in [-0.2, 0) is 0 Å². The van der Waals surface area contributed by atoms with Gasteiger partial charge in [-0.1, -0.05) is 13.3 Å². The topological polar surface area (TPSA) is 65.2 Å². The van der Waals surface area contributed by atoms with Gasteiger partial charge in [0.15, 0.2) is 0 Å². The molecule has 2 N–H and O–H groups in total. The molecule has 0 bridgehead atoms. The van der Waals surface area contributed by atoms with Crippen LogP contribution >= 0.6 is 0 Å². The van der Waals surface area contributed by atoms with E-state index in [4.69, 9.17) is 10.5 Å². The lowest BCUT2D eigenvalue weighted by Crippen LogP contribution is -2.11. The Kier molecular flexibility index (Phi) is 3.77. The number of rotatable bonds is 5. The standard InChI is InChI=1S/C14H16N2O2/c1-2-3-8-18-10-4-5-13-12(9-10)11(14(15)17)6-7-16-13/h4-7,9H,2-3,8H2,1H3,(H2,15,17). The quantitative estimate of drug-likeness (QED) is 0.822. The van der Waals surface area contributed by atoms with E-state index in [1.807, 2.05) is 18.2 Å². The van der Waals surface area contributed by atoms with E-state index < -0.39 is 5.91 Å². The largest absolute Gasteiger partial charge is 0.494 e. The second-order valence-corrected chi connectivity index (χ2v) is 4.10. The molecule has 0 aliphatic rings. The number of pyridine rings is 1. The number of nitrogens with zero attached hydrogens (tertiary/aromatic N) is 1. The van der Waals surface area contributed by atoms with Crippen molar-refractivity contribution >= 4 is 16.8 Å². The summed E-state index contributed by atoms with van der Waals surface area (Å²) in [5.74, 6) is 0.291. The third kappa shape index (κ3) is 2.59. The van der Waals surface area contributed by atoms with Gasteiger partial charge < -0.3 is 10.5 Å². The number of hydrogen-bond acceptors (Lipinski definition) is 3. The van der Waals surface area contributed by atoms with E-state index in [9.17, 15) is 4.79 Å². The smallest absolute Gasteiger partial charge is 0.249 e. The lowest BCUT2D eigenvalue weighted by Gasteiger charge is -2.07. The first-order valence-corrected chi connectivity index (χ1v) is 6.03. The zero-order valence-corrected chi connectivity index (χ0v) is 10.3. The first-order valence-electron chi connectivity index (χ1n) is 6.03. The van der Waals surface area contributed by atoms with Crippen molar-refractivity contribution in [2.24, 2.45) is 5.73 Å². The number of fused-ring (bicyclic) bond motifs is 1. The number of carbonyl (C=O) groups excluding carboxylic acids is 1. The molecule has 0 radical (unpaired) electrons. The fraction of sp³-hybridized carbons (Fsp3) is 0.286. The van der Waals surface area contributed by atoms with E-state index in [2.05, 4.69) is 11.9 Å². The van der Waals surface area contributed by atoms with Crippen LogP contribution in [0, 0.1) is 0 Å². The molecule has 0 saturated heterocycles. The minimum Gasteiger partial charge on any atom is -0.494 e. The van der Waals surface area contributed by atoms with Gasteiger partial charge in [0.2, 0.25) is 5.91 Å². The summed E-state index contributed by atoms with van der Waals surface area (Å²) < 4.78 is 5.61. The molecule has 4 nitrogen and oxygen atoms in total. The number of aromatic nitrogens is 1. The third-order valence-corrected chi connectivity index (χ3v) is 2.75. The van der Waals surface area contributed by atoms with E-state index in [1.165, 1.54) is 0 Å². The van der Waals surface area contributed by atoms with Crippen LogP contribution in [0.3, 0.4) is 0 Å². The number of hydrogen-bond donors (Lipinski definition) is 1. The van der Waals surface area contributed by atoms with Crippen molar-refractivity contribution in [2.45, 2.75) is 19.8 Å². The summed E-state index contributed by atoms with van der Waals surface area (Å²) in [6.45, 7) is 2.78. The van der Waals surface area contributed by atoms with Crippen LogP contribution in [0.15, 0.2) is 30.5 Å². The maximum Gasteiger partial charge on any atom is 0.249 e. The maximum atomic E-state index is 11.3. The molecular formula is C14H16N2O2. The highest BCUT2D eigenvalue weighted by molar-refractivity contribution is 6.05. The van der Waals surface area contributed by atoms with Crippen LogP contribution < -0.4 is 10.5 Å². The Morgan fingerprint density at radius 1 is 1.39 bits per heavy atom. The summed E-state index contributed by atoms with van der Waals surface area (Å²) >= 11 is 0. The number of nitrogens with two attached hydrogens (primary N) is 1. The van der Waals surface area contributed by atoms with Crippen LogP contribution in [0.2, 0.25) is 0 Å². The Balaban J connectivity index is 2.36. The van der Waals surface area contributed by atoms with E-state index in [0.29, 0.717) is 12.2 Å². The molecule has 0 atom stereocenters. The van der Waals surface area contributed by atoms with Gasteiger partial charge in [0, 0.05) is 11.6 Å². The summed E-state index contributed by atoms with van der Waals surface area (Å²) in [5, 5.41) is 0.735. The molecule has 0 unspecified atom stereocenters. The fourth-order valence-corrected chi connectivity index (χ4v) is 1.76. The normalized spacial score (nSPS) is 10.5. The van der Waals surface area contributed by atoms with Gasteiger partial charge in [-0.3, -0.25) is 9.78 Å². The lowest BCUT2D eigenvalue weighted by atomic mass is 10.1. The predicted octanol–water partition coefficient (Wildman–Crippen LogP) is 2.51. The molecule has 0 fully saturated rings. The number of unbranched alkanes of at least 4 members (excludes halogenated alkanes) is 1. The van der Waals surface area contributed by atoms with Gasteiger partial charge in [-0.2, -0.15) is 0 Å². The number of primary amides is 1. The molecule has 0 aliphatic carbocycles. The third-order valence-electron chi connectivity index (χ3n) is 2.75. The molecular weight excluding hydrogens is 228 g/mol. The summed E-state index contributed by atoms with van der Waals surface area (Å²) in [7, 11) is 0. The van der Waals surface area contributed by atoms with Crippen molar-refractivity contribution in [2.75, 3.05) is 6.61 Å². The Labute approximate surface area is 106 Å². The van der Waals surface area contributed by atoms with E-state index >= 15 is 0 Å². The lowest BCUT2D eigenvalue weighted by molar-refractivity contribution is 0.100. The van der Waals surface area contributed by atoms with E-state index in [1.54, 1.807) is 12.3 Å². The number of benzene rings is 1. The first-order chi connectivity index (χ1) is 8.72. The molecule has 4 heteroatoms. The Morgan fingerprint density at radius 3 is 2.94 bits per heavy atom. The average Bonchev–Trinajstić information content (AvgIpc) is 2.38. The van der Waals surface area contributed by atoms with Crippen molar-refractivity contribution in [3.63, 3.8) is 0 Å². The van der Waals surface area contributed by atoms with Gasteiger partial charge in [0.05, 0.1) is 17.7 Å². The minimum absolute atomic E-state index is 0.451. The Bertz CT molecular complexity index is 567. The molecule has 1 aromatic carbocycles. The molecule has 2 rings (SSSR count). The van der Waals surface area contributed by atoms with Crippen molar-refractivity contribution in [3.8, 4) is 5.75 Å². The minimum atomic E-state index is -0.451. The highest BCUT2D eigenvalue weighted by atomic mass is 16.5. The van der Waals surface area contributed by atoms with Gasteiger partial charge in [-0.15, -0.1) is 0 Å². The number of carbonyl (C=O) groups is 1. The monoisotopic (exact) mass is 244 g/mol. The predicted molar refractivity (Wildman–Crippen MR) is 70.7 cm³/mol. The second kappa shape index (κ2) is 5.49. The summed E-state index contributed by atoms with van der Waals surface area (Å²) in [4.78, 5) is 15.5. The first kappa shape index (κ1) is 12.4. The van der Waals surface area contributed by atoms with Crippen LogP contribution in [0.1, 0.15) is 30.1 Å². The summed E-state index contributed by atoms with van der Waals surface area (Å²) in [5.41, 5.74) is 6.56. The molecule has 18 heavy (non-hydrogen) atoms. The zero-order valence-electron chi connectivity index (χ0n) is 10.3. The van der Waals surface area contributed by atoms with Crippen LogP contribution in [0.4, 0.5) is 0 Å².